The molecule has 1 aromatic heterocycles. The maximum absolute atomic E-state index is 13.8. The Hall–Kier alpha value is -4.14. The van der Waals surface area contributed by atoms with Gasteiger partial charge in [-0.3, -0.25) is 9.36 Å². The van der Waals surface area contributed by atoms with Crippen molar-refractivity contribution in [1.29, 1.82) is 0 Å². The molecule has 0 spiro atoms. The fourth-order valence-corrected chi connectivity index (χ4v) is 5.62. The molecule has 9 heteroatoms. The van der Waals surface area contributed by atoms with Gasteiger partial charge in [0.15, 0.2) is 4.80 Å². The van der Waals surface area contributed by atoms with Crippen LogP contribution >= 0.6 is 22.9 Å². The van der Waals surface area contributed by atoms with Gasteiger partial charge in [-0.05, 0) is 73.0 Å². The van der Waals surface area contributed by atoms with E-state index in [1.54, 1.807) is 37.7 Å². The molecule has 3 aromatic carbocycles. The number of halogens is 1. The number of hydrogen-bond donors (Lipinski definition) is 0. The lowest BCUT2D eigenvalue weighted by molar-refractivity contribution is -0.139. The highest BCUT2D eigenvalue weighted by Gasteiger charge is 2.33. The second-order valence-electron chi connectivity index (χ2n) is 9.06. The fourth-order valence-electron chi connectivity index (χ4n) is 4.45. The quantitative estimate of drug-likeness (QED) is 0.276. The molecule has 0 amide bonds. The third kappa shape index (κ3) is 5.73. The zero-order chi connectivity index (χ0) is 28.2. The van der Waals surface area contributed by atoms with Gasteiger partial charge < -0.3 is 14.2 Å². The highest BCUT2D eigenvalue weighted by molar-refractivity contribution is 7.07. The number of esters is 1. The number of methoxy groups -OCH3 is 1. The van der Waals surface area contributed by atoms with Crippen molar-refractivity contribution in [1.82, 2.24) is 4.57 Å². The van der Waals surface area contributed by atoms with Gasteiger partial charge in [0.05, 0.1) is 35.6 Å². The first-order chi connectivity index (χ1) is 19.4. The first kappa shape index (κ1) is 27.4. The normalized spacial score (nSPS) is 14.9. The fraction of sp³-hybridized carbons (Fsp3) is 0.194. The van der Waals surface area contributed by atoms with E-state index in [1.165, 1.54) is 11.3 Å². The Kier molecular flexibility index (Phi) is 8.19. The second-order valence-corrected chi connectivity index (χ2v) is 10.5. The number of thiazole rings is 1. The molecule has 0 unspecified atom stereocenters. The van der Waals surface area contributed by atoms with E-state index in [9.17, 15) is 9.59 Å². The van der Waals surface area contributed by atoms with Crippen molar-refractivity contribution in [3.05, 3.63) is 125 Å². The van der Waals surface area contributed by atoms with Crippen LogP contribution < -0.4 is 24.4 Å². The van der Waals surface area contributed by atoms with E-state index in [-0.39, 0.29) is 12.2 Å². The molecule has 1 aliphatic rings. The molecule has 0 fully saturated rings. The minimum atomic E-state index is -0.674. The minimum absolute atomic E-state index is 0.217. The van der Waals surface area contributed by atoms with Crippen LogP contribution in [-0.4, -0.2) is 24.3 Å². The molecule has 1 aliphatic heterocycles. The zero-order valence-electron chi connectivity index (χ0n) is 22.2. The summed E-state index contributed by atoms with van der Waals surface area (Å²) in [5, 5.41) is 0.681. The van der Waals surface area contributed by atoms with Gasteiger partial charge in [0.25, 0.3) is 5.56 Å². The highest BCUT2D eigenvalue weighted by atomic mass is 35.5. The summed E-state index contributed by atoms with van der Waals surface area (Å²) in [4.78, 5) is 31.9. The van der Waals surface area contributed by atoms with E-state index < -0.39 is 12.0 Å². The Balaban J connectivity index is 1.49. The molecule has 0 aliphatic carbocycles. The van der Waals surface area contributed by atoms with Crippen LogP contribution in [0.25, 0.3) is 6.08 Å². The molecule has 0 bridgehead atoms. The number of aromatic nitrogens is 1. The summed E-state index contributed by atoms with van der Waals surface area (Å²) >= 11 is 7.23. The highest BCUT2D eigenvalue weighted by Crippen LogP contribution is 2.31. The molecular weight excluding hydrogens is 548 g/mol. The number of rotatable bonds is 8. The Labute approximate surface area is 240 Å². The lowest BCUT2D eigenvalue weighted by Crippen LogP contribution is -2.39. The molecule has 40 heavy (non-hydrogen) atoms. The standard InChI is InChI=1S/C31H27ClN2O5S/c1-4-38-30(36)27-19(2)33-31-34(28(27)22-9-15-24(37-3)16-10-22)29(35)26(40-31)17-20-7-13-25(14-8-20)39-18-21-5-11-23(32)12-6-21/h5-17,28H,4,18H2,1-3H3/b26-17-/t28-/m0/s1. The van der Waals surface area contributed by atoms with Crippen LogP contribution in [0.15, 0.2) is 93.9 Å². The average Bonchev–Trinajstić information content (AvgIpc) is 3.26. The van der Waals surface area contributed by atoms with Crippen LogP contribution in [-0.2, 0) is 16.1 Å². The van der Waals surface area contributed by atoms with E-state index in [4.69, 9.17) is 25.8 Å². The average molecular weight is 575 g/mol. The lowest BCUT2D eigenvalue weighted by atomic mass is 9.96. The van der Waals surface area contributed by atoms with E-state index in [0.29, 0.717) is 43.7 Å². The Morgan fingerprint density at radius 2 is 1.70 bits per heavy atom. The Morgan fingerprint density at radius 1 is 1.02 bits per heavy atom. The van der Waals surface area contributed by atoms with Gasteiger partial charge >= 0.3 is 5.97 Å². The van der Waals surface area contributed by atoms with E-state index in [1.807, 2.05) is 66.7 Å². The summed E-state index contributed by atoms with van der Waals surface area (Å²) in [6.45, 7) is 4.15. The van der Waals surface area contributed by atoms with E-state index in [0.717, 1.165) is 16.7 Å². The van der Waals surface area contributed by atoms with Crippen molar-refractivity contribution in [3.63, 3.8) is 0 Å². The molecule has 7 nitrogen and oxygen atoms in total. The molecule has 5 rings (SSSR count). The number of hydrogen-bond acceptors (Lipinski definition) is 7. The number of benzene rings is 3. The summed E-state index contributed by atoms with van der Waals surface area (Å²) in [6.07, 6.45) is 1.82. The van der Waals surface area contributed by atoms with Gasteiger partial charge in [-0.1, -0.05) is 59.3 Å². The van der Waals surface area contributed by atoms with Gasteiger partial charge in [-0.2, -0.15) is 0 Å². The van der Waals surface area contributed by atoms with Crippen LogP contribution in [0.4, 0.5) is 0 Å². The molecular formula is C31H27ClN2O5S. The molecule has 0 N–H and O–H groups in total. The third-order valence-electron chi connectivity index (χ3n) is 6.45. The molecule has 0 saturated heterocycles. The summed E-state index contributed by atoms with van der Waals surface area (Å²) < 4.78 is 18.6. The van der Waals surface area contributed by atoms with Gasteiger partial charge in [-0.25, -0.2) is 9.79 Å². The lowest BCUT2D eigenvalue weighted by Gasteiger charge is -2.24. The molecule has 4 aromatic rings. The predicted octanol–water partition coefficient (Wildman–Crippen LogP) is 5.04. The third-order valence-corrected chi connectivity index (χ3v) is 7.68. The summed E-state index contributed by atoms with van der Waals surface area (Å²) in [5.41, 5.74) is 3.24. The minimum Gasteiger partial charge on any atom is -0.497 e. The Bertz CT molecular complexity index is 1740. The topological polar surface area (TPSA) is 79.1 Å². The number of fused-ring (bicyclic) bond motifs is 1. The number of nitrogens with zero attached hydrogens (tertiary/aromatic N) is 2. The van der Waals surface area contributed by atoms with E-state index in [2.05, 4.69) is 4.99 Å². The SMILES string of the molecule is CCOC(=O)C1=C(C)N=c2s/c(=C\c3ccc(OCc4ccc(Cl)cc4)cc3)c(=O)n2[C@H]1c1ccc(OC)cc1. The van der Waals surface area contributed by atoms with Crippen LogP contribution in [0.5, 0.6) is 11.5 Å². The number of ether oxygens (including phenoxy) is 3. The van der Waals surface area contributed by atoms with Crippen LogP contribution in [0.2, 0.25) is 5.02 Å². The largest absolute Gasteiger partial charge is 0.497 e. The number of carbonyl (C=O) groups is 1. The van der Waals surface area contributed by atoms with Crippen molar-refractivity contribution >= 4 is 35.0 Å². The number of carbonyl (C=O) groups excluding carboxylic acids is 1. The van der Waals surface area contributed by atoms with Gasteiger partial charge in [-0.15, -0.1) is 0 Å². The number of allylic oxidation sites excluding steroid dienone is 1. The van der Waals surface area contributed by atoms with Crippen molar-refractivity contribution < 1.29 is 19.0 Å². The summed E-state index contributed by atoms with van der Waals surface area (Å²) in [5.74, 6) is 0.894. The van der Waals surface area contributed by atoms with Crippen LogP contribution in [0, 0.1) is 0 Å². The van der Waals surface area contributed by atoms with Crippen LogP contribution in [0.1, 0.15) is 36.6 Å². The maximum Gasteiger partial charge on any atom is 0.338 e. The zero-order valence-corrected chi connectivity index (χ0v) is 23.8. The predicted molar refractivity (Wildman–Crippen MR) is 156 cm³/mol. The summed E-state index contributed by atoms with van der Waals surface area (Å²) in [7, 11) is 1.59. The van der Waals surface area contributed by atoms with Gasteiger partial charge in [0.2, 0.25) is 0 Å². The molecule has 0 saturated carbocycles. The molecule has 204 valence electrons. The molecule has 0 radical (unpaired) electrons. The van der Waals surface area contributed by atoms with Crippen molar-refractivity contribution in [2.24, 2.45) is 4.99 Å². The smallest absolute Gasteiger partial charge is 0.338 e. The maximum atomic E-state index is 13.8. The van der Waals surface area contributed by atoms with Crippen molar-refractivity contribution in [2.45, 2.75) is 26.5 Å². The summed E-state index contributed by atoms with van der Waals surface area (Å²) in [6, 6.07) is 21.6. The second kappa shape index (κ2) is 11.9. The van der Waals surface area contributed by atoms with Gasteiger partial charge in [0.1, 0.15) is 18.1 Å². The van der Waals surface area contributed by atoms with Crippen molar-refractivity contribution in [2.75, 3.05) is 13.7 Å². The molecule has 2 heterocycles. The van der Waals surface area contributed by atoms with Crippen molar-refractivity contribution in [3.8, 4) is 11.5 Å². The monoisotopic (exact) mass is 574 g/mol. The van der Waals surface area contributed by atoms with Crippen LogP contribution in [0.3, 0.4) is 0 Å². The van der Waals surface area contributed by atoms with Gasteiger partial charge in [0, 0.05) is 5.02 Å². The first-order valence-electron chi connectivity index (χ1n) is 12.7. The molecule has 1 atom stereocenters. The first-order valence-corrected chi connectivity index (χ1v) is 13.9. The van der Waals surface area contributed by atoms with E-state index >= 15 is 0 Å². The Morgan fingerprint density at radius 3 is 2.35 bits per heavy atom.